The molecule has 0 bridgehead atoms. The maximum absolute atomic E-state index is 13.0. The molecule has 3 aliphatic rings. The summed E-state index contributed by atoms with van der Waals surface area (Å²) in [4.78, 5) is 42.5. The van der Waals surface area contributed by atoms with Gasteiger partial charge >= 0.3 is 12.0 Å². The smallest absolute Gasteiger partial charge is 0.337 e. The summed E-state index contributed by atoms with van der Waals surface area (Å²) in [6.45, 7) is 13.0. The normalized spacial score (nSPS) is 22.9. The number of rotatable bonds is 2. The fourth-order valence-corrected chi connectivity index (χ4v) is 4.39. The first kappa shape index (κ1) is 20.4. The summed E-state index contributed by atoms with van der Waals surface area (Å²) >= 11 is 0. The summed E-state index contributed by atoms with van der Waals surface area (Å²) in [5, 5.41) is 3.89. The summed E-state index contributed by atoms with van der Waals surface area (Å²) in [6, 6.07) is -0.480. The zero-order chi connectivity index (χ0) is 21.0. The average Bonchev–Trinajstić information content (AvgIpc) is 3.29. The van der Waals surface area contributed by atoms with E-state index in [0.29, 0.717) is 0 Å². The molecule has 1 saturated carbocycles. The van der Waals surface area contributed by atoms with E-state index in [1.807, 2.05) is 40.7 Å². The number of carbonyl (C=O) groups is 3. The number of hydrogen-bond donors (Lipinski definition) is 1. The number of allylic oxidation sites excluding steroid dienone is 4. The van der Waals surface area contributed by atoms with Crippen molar-refractivity contribution in [1.29, 1.82) is 0 Å². The highest BCUT2D eigenvalue weighted by Gasteiger charge is 2.56. The van der Waals surface area contributed by atoms with Crippen LogP contribution in [0.5, 0.6) is 0 Å². The molecule has 3 rings (SSSR count). The minimum Gasteiger partial charge on any atom is -0.337 e. The number of fused-ring (bicyclic) bond motifs is 1. The molecule has 3 aliphatic carbocycles. The molecule has 2 amide bonds. The average molecular weight is 386 g/mol. The Morgan fingerprint density at radius 2 is 1.89 bits per heavy atom. The van der Waals surface area contributed by atoms with Crippen molar-refractivity contribution in [2.24, 2.45) is 11.3 Å². The van der Waals surface area contributed by atoms with E-state index in [0.717, 1.165) is 40.2 Å². The number of Topliss-reactive ketones (excluding diaryl/α,β-unsaturated/α-hetero) is 1. The van der Waals surface area contributed by atoms with Crippen LogP contribution in [0.4, 0.5) is 4.79 Å². The second-order valence-electron chi connectivity index (χ2n) is 9.26. The lowest BCUT2D eigenvalue weighted by molar-refractivity contribution is -0.172. The third kappa shape index (κ3) is 3.40. The SMILES string of the molecule is CC(=O)ON(CC1=C(C)C=C2C(=O)[C@@H](C)C3(CC3)C(C)=C21)C(=O)NC(C)(C)C. The van der Waals surface area contributed by atoms with E-state index < -0.39 is 17.5 Å². The number of urea groups is 1. The zero-order valence-electron chi connectivity index (χ0n) is 17.9. The van der Waals surface area contributed by atoms with Crippen LogP contribution in [0.15, 0.2) is 33.9 Å². The lowest BCUT2D eigenvalue weighted by Gasteiger charge is -2.33. The number of ketones is 1. The van der Waals surface area contributed by atoms with Gasteiger partial charge in [-0.2, -0.15) is 0 Å². The standard InChI is InChI=1S/C22H30N2O4/c1-12-10-16-18(13(2)22(8-9-22)14(3)19(16)26)17(12)11-24(28-15(4)25)20(27)23-21(5,6)7/h10,14H,8-9,11H2,1-7H3,(H,23,27)/t14-/m1/s1. The fourth-order valence-electron chi connectivity index (χ4n) is 4.39. The van der Waals surface area contributed by atoms with Crippen LogP contribution in [0.2, 0.25) is 0 Å². The quantitative estimate of drug-likeness (QED) is 0.732. The first-order valence-electron chi connectivity index (χ1n) is 9.83. The fraction of sp³-hybridized carbons (Fsp3) is 0.591. The van der Waals surface area contributed by atoms with Gasteiger partial charge in [0.05, 0.1) is 6.54 Å². The summed E-state index contributed by atoms with van der Waals surface area (Å²) in [6.07, 6.45) is 3.95. The van der Waals surface area contributed by atoms with Gasteiger partial charge in [0.15, 0.2) is 5.78 Å². The highest BCUT2D eigenvalue weighted by atomic mass is 16.7. The van der Waals surface area contributed by atoms with E-state index >= 15 is 0 Å². The Morgan fingerprint density at radius 1 is 1.29 bits per heavy atom. The molecule has 1 fully saturated rings. The molecular formula is C22H30N2O4. The predicted molar refractivity (Wildman–Crippen MR) is 106 cm³/mol. The zero-order valence-corrected chi connectivity index (χ0v) is 17.9. The van der Waals surface area contributed by atoms with Crippen molar-refractivity contribution in [1.82, 2.24) is 10.4 Å². The minimum absolute atomic E-state index is 0.0107. The van der Waals surface area contributed by atoms with Crippen LogP contribution in [0, 0.1) is 11.3 Å². The lowest BCUT2D eigenvalue weighted by atomic mass is 9.70. The van der Waals surface area contributed by atoms with Crippen LogP contribution in [0.25, 0.3) is 0 Å². The first-order chi connectivity index (χ1) is 12.9. The second-order valence-corrected chi connectivity index (χ2v) is 9.26. The van der Waals surface area contributed by atoms with Crippen LogP contribution in [-0.2, 0) is 14.4 Å². The Hall–Kier alpha value is -2.37. The lowest BCUT2D eigenvalue weighted by Crippen LogP contribution is -2.49. The van der Waals surface area contributed by atoms with Crippen molar-refractivity contribution in [3.8, 4) is 0 Å². The third-order valence-electron chi connectivity index (χ3n) is 6.06. The summed E-state index contributed by atoms with van der Waals surface area (Å²) in [5.41, 5.74) is 4.19. The topological polar surface area (TPSA) is 75.7 Å². The Balaban J connectivity index is 1.95. The largest absolute Gasteiger partial charge is 0.351 e. The molecule has 0 heterocycles. The molecule has 1 atom stereocenters. The Bertz CT molecular complexity index is 850. The number of amides is 2. The Kier molecular flexibility index (Phi) is 4.80. The maximum Gasteiger partial charge on any atom is 0.351 e. The number of hydroxylamine groups is 2. The van der Waals surface area contributed by atoms with Gasteiger partial charge in [0, 0.05) is 29.4 Å². The Morgan fingerprint density at radius 3 is 2.39 bits per heavy atom. The summed E-state index contributed by atoms with van der Waals surface area (Å²) in [7, 11) is 0. The van der Waals surface area contributed by atoms with Gasteiger partial charge in [-0.25, -0.2) is 4.79 Å². The molecule has 6 nitrogen and oxygen atoms in total. The molecule has 1 N–H and O–H groups in total. The van der Waals surface area contributed by atoms with Gasteiger partial charge in [0.1, 0.15) is 0 Å². The van der Waals surface area contributed by atoms with Gasteiger partial charge in [0.25, 0.3) is 0 Å². The minimum atomic E-state index is -0.564. The van der Waals surface area contributed by atoms with Crippen molar-refractivity contribution >= 4 is 17.8 Å². The molecule has 152 valence electrons. The van der Waals surface area contributed by atoms with Gasteiger partial charge in [-0.3, -0.25) is 9.59 Å². The second kappa shape index (κ2) is 6.61. The van der Waals surface area contributed by atoms with E-state index in [2.05, 4.69) is 12.2 Å². The highest BCUT2D eigenvalue weighted by Crippen LogP contribution is 2.63. The van der Waals surface area contributed by atoms with Gasteiger partial charge < -0.3 is 10.2 Å². The summed E-state index contributed by atoms with van der Waals surface area (Å²) < 4.78 is 0. The van der Waals surface area contributed by atoms with E-state index in [1.54, 1.807) is 0 Å². The molecule has 1 spiro atoms. The van der Waals surface area contributed by atoms with Gasteiger partial charge in [-0.1, -0.05) is 12.5 Å². The monoisotopic (exact) mass is 386 g/mol. The van der Waals surface area contributed by atoms with E-state index in [9.17, 15) is 14.4 Å². The third-order valence-corrected chi connectivity index (χ3v) is 6.06. The highest BCUT2D eigenvalue weighted by molar-refractivity contribution is 6.07. The number of nitrogens with zero attached hydrogens (tertiary/aromatic N) is 1. The van der Waals surface area contributed by atoms with Crippen LogP contribution >= 0.6 is 0 Å². The van der Waals surface area contributed by atoms with Crippen LogP contribution < -0.4 is 5.32 Å². The number of nitrogens with one attached hydrogen (secondary N) is 1. The van der Waals surface area contributed by atoms with Gasteiger partial charge in [0.2, 0.25) is 0 Å². The van der Waals surface area contributed by atoms with Gasteiger partial charge in [-0.05, 0) is 70.3 Å². The predicted octanol–water partition coefficient (Wildman–Crippen LogP) is 3.85. The maximum atomic E-state index is 13.0. The van der Waals surface area contributed by atoms with E-state index in [1.165, 1.54) is 12.5 Å². The molecule has 6 heteroatoms. The molecule has 0 aromatic rings. The molecule has 0 radical (unpaired) electrons. The molecule has 0 saturated heterocycles. The van der Waals surface area contributed by atoms with Crippen LogP contribution in [0.1, 0.15) is 61.3 Å². The molecule has 0 aromatic heterocycles. The van der Waals surface area contributed by atoms with Crippen molar-refractivity contribution in [3.63, 3.8) is 0 Å². The van der Waals surface area contributed by atoms with Crippen molar-refractivity contribution in [2.75, 3.05) is 6.54 Å². The van der Waals surface area contributed by atoms with Crippen molar-refractivity contribution < 1.29 is 19.2 Å². The van der Waals surface area contributed by atoms with E-state index in [-0.39, 0.29) is 23.7 Å². The molecule has 0 aliphatic heterocycles. The number of hydrogen-bond acceptors (Lipinski definition) is 4. The van der Waals surface area contributed by atoms with Crippen LogP contribution in [0.3, 0.4) is 0 Å². The first-order valence-corrected chi connectivity index (χ1v) is 9.83. The number of carbonyl (C=O) groups excluding carboxylic acids is 3. The summed E-state index contributed by atoms with van der Waals surface area (Å²) in [5.74, 6) is -0.403. The van der Waals surface area contributed by atoms with Crippen molar-refractivity contribution in [2.45, 2.75) is 66.8 Å². The molecule has 28 heavy (non-hydrogen) atoms. The van der Waals surface area contributed by atoms with Crippen LogP contribution in [-0.4, -0.2) is 34.9 Å². The van der Waals surface area contributed by atoms with Gasteiger partial charge in [-0.15, -0.1) is 5.06 Å². The molecule has 0 aromatic carbocycles. The van der Waals surface area contributed by atoms with Crippen molar-refractivity contribution in [3.05, 3.63) is 33.9 Å². The van der Waals surface area contributed by atoms with E-state index in [4.69, 9.17) is 4.84 Å². The molecule has 0 unspecified atom stereocenters. The molecular weight excluding hydrogens is 356 g/mol. The Labute approximate surface area is 166 Å².